The number of nitrogens with zero attached hydrogens (tertiary/aromatic N) is 2. The molecule has 3 heteroatoms. The molecule has 1 N–H and O–H groups in total. The molecule has 1 unspecified atom stereocenters. The number of benzene rings is 1. The number of hydrogen-bond donors (Lipinski definition) is 1. The Balaban J connectivity index is 1.95. The summed E-state index contributed by atoms with van der Waals surface area (Å²) in [7, 11) is 1.94. The van der Waals surface area contributed by atoms with Gasteiger partial charge in [0.05, 0.1) is 5.69 Å². The van der Waals surface area contributed by atoms with E-state index in [2.05, 4.69) is 39.6 Å². The van der Waals surface area contributed by atoms with Crippen LogP contribution < -0.4 is 5.32 Å². The highest BCUT2D eigenvalue weighted by Gasteiger charge is 2.29. The van der Waals surface area contributed by atoms with Gasteiger partial charge < -0.3 is 5.32 Å². The third-order valence-corrected chi connectivity index (χ3v) is 3.45. The molecule has 0 fully saturated rings. The first-order chi connectivity index (χ1) is 8.78. The van der Waals surface area contributed by atoms with Crippen LogP contribution in [0.1, 0.15) is 34.3 Å². The molecule has 18 heavy (non-hydrogen) atoms. The molecular formula is C15H17N3. The van der Waals surface area contributed by atoms with E-state index in [0.29, 0.717) is 5.92 Å². The van der Waals surface area contributed by atoms with Gasteiger partial charge in [0.25, 0.3) is 0 Å². The monoisotopic (exact) mass is 239 g/mol. The van der Waals surface area contributed by atoms with E-state index >= 15 is 0 Å². The van der Waals surface area contributed by atoms with E-state index in [1.165, 1.54) is 11.1 Å². The van der Waals surface area contributed by atoms with E-state index in [0.717, 1.165) is 30.2 Å². The van der Waals surface area contributed by atoms with Gasteiger partial charge in [-0.25, -0.2) is 9.97 Å². The lowest BCUT2D eigenvalue weighted by Crippen LogP contribution is -2.21. The van der Waals surface area contributed by atoms with E-state index < -0.39 is 0 Å². The molecular weight excluding hydrogens is 222 g/mol. The summed E-state index contributed by atoms with van der Waals surface area (Å²) in [5.41, 5.74) is 4.94. The van der Waals surface area contributed by atoms with Crippen LogP contribution in [0.5, 0.6) is 0 Å². The Bertz CT molecular complexity index is 578. The van der Waals surface area contributed by atoms with E-state index in [1.54, 1.807) is 0 Å². The molecule has 3 nitrogen and oxygen atoms in total. The normalized spacial score (nSPS) is 17.1. The maximum atomic E-state index is 4.67. The number of aromatic nitrogens is 2. The largest absolute Gasteiger partial charge is 0.314 e. The maximum absolute atomic E-state index is 4.67. The molecule has 0 spiro atoms. The minimum atomic E-state index is 0.386. The molecule has 0 saturated carbocycles. The maximum Gasteiger partial charge on any atom is 0.136 e. The van der Waals surface area contributed by atoms with Gasteiger partial charge in [0, 0.05) is 18.2 Å². The number of hydrogen-bond acceptors (Lipinski definition) is 3. The van der Waals surface area contributed by atoms with Crippen molar-refractivity contribution < 1.29 is 0 Å². The van der Waals surface area contributed by atoms with Crippen LogP contribution in [0.3, 0.4) is 0 Å². The zero-order valence-electron chi connectivity index (χ0n) is 10.8. The Morgan fingerprint density at radius 1 is 1.28 bits per heavy atom. The number of aryl methyl sites for hydroxylation is 1. The first-order valence-corrected chi connectivity index (χ1v) is 6.35. The van der Waals surface area contributed by atoms with Crippen molar-refractivity contribution in [1.29, 1.82) is 0 Å². The first-order valence-electron chi connectivity index (χ1n) is 6.35. The number of rotatable bonds is 3. The zero-order valence-corrected chi connectivity index (χ0v) is 10.8. The van der Waals surface area contributed by atoms with Gasteiger partial charge in [0.15, 0.2) is 0 Å². The second-order valence-electron chi connectivity index (χ2n) is 4.84. The highest BCUT2D eigenvalue weighted by molar-refractivity contribution is 5.44. The molecule has 92 valence electrons. The lowest BCUT2D eigenvalue weighted by molar-refractivity contribution is 0.643. The van der Waals surface area contributed by atoms with Crippen molar-refractivity contribution in [1.82, 2.24) is 15.3 Å². The van der Waals surface area contributed by atoms with Crippen molar-refractivity contribution in [3.63, 3.8) is 0 Å². The Labute approximate surface area is 107 Å². The Hall–Kier alpha value is -1.74. The van der Waals surface area contributed by atoms with Crippen LogP contribution in [0, 0.1) is 6.92 Å². The van der Waals surface area contributed by atoms with Crippen LogP contribution in [-0.4, -0.2) is 17.0 Å². The summed E-state index contributed by atoms with van der Waals surface area (Å²) in [6.07, 6.45) is 1.07. The molecule has 0 amide bonds. The molecule has 1 aromatic carbocycles. The quantitative estimate of drug-likeness (QED) is 0.892. The van der Waals surface area contributed by atoms with Crippen LogP contribution in [0.15, 0.2) is 30.3 Å². The van der Waals surface area contributed by atoms with Gasteiger partial charge in [-0.1, -0.05) is 24.3 Å². The highest BCUT2D eigenvalue weighted by Crippen LogP contribution is 2.38. The van der Waals surface area contributed by atoms with Gasteiger partial charge in [-0.15, -0.1) is 0 Å². The number of nitrogens with one attached hydrogen (secondary N) is 1. The molecule has 0 saturated heterocycles. The molecule has 2 aromatic rings. The van der Waals surface area contributed by atoms with Gasteiger partial charge in [0.1, 0.15) is 5.82 Å². The third-order valence-electron chi connectivity index (χ3n) is 3.45. The van der Waals surface area contributed by atoms with Crippen molar-refractivity contribution in [3.8, 4) is 0 Å². The second kappa shape index (κ2) is 4.50. The fourth-order valence-electron chi connectivity index (χ4n) is 2.58. The predicted octanol–water partition coefficient (Wildman–Crippen LogP) is 2.19. The topological polar surface area (TPSA) is 37.8 Å². The Kier molecular flexibility index (Phi) is 2.84. The van der Waals surface area contributed by atoms with Crippen molar-refractivity contribution >= 4 is 0 Å². The first kappa shape index (κ1) is 11.4. The fraction of sp³-hybridized carbons (Fsp3) is 0.333. The average Bonchev–Trinajstić information content (AvgIpc) is 2.30. The summed E-state index contributed by atoms with van der Waals surface area (Å²) in [6.45, 7) is 2.83. The van der Waals surface area contributed by atoms with E-state index in [4.69, 9.17) is 0 Å². The molecule has 0 bridgehead atoms. The zero-order chi connectivity index (χ0) is 12.5. The van der Waals surface area contributed by atoms with Crippen LogP contribution in [0.25, 0.3) is 0 Å². The molecule has 0 radical (unpaired) electrons. The van der Waals surface area contributed by atoms with Crippen molar-refractivity contribution in [2.24, 2.45) is 0 Å². The van der Waals surface area contributed by atoms with Crippen LogP contribution in [0.4, 0.5) is 0 Å². The van der Waals surface area contributed by atoms with Crippen molar-refractivity contribution in [2.45, 2.75) is 25.8 Å². The third kappa shape index (κ3) is 1.91. The van der Waals surface area contributed by atoms with E-state index in [9.17, 15) is 0 Å². The lowest BCUT2D eigenvalue weighted by atomic mass is 9.77. The van der Waals surface area contributed by atoms with Gasteiger partial charge in [-0.2, -0.15) is 0 Å². The SMILES string of the molecule is CNCc1cc(C)nc(C2Cc3ccccc32)n1. The Morgan fingerprint density at radius 2 is 2.11 bits per heavy atom. The van der Waals surface area contributed by atoms with Crippen LogP contribution in [0.2, 0.25) is 0 Å². The van der Waals surface area contributed by atoms with Gasteiger partial charge in [-0.3, -0.25) is 0 Å². The summed E-state index contributed by atoms with van der Waals surface area (Å²) in [4.78, 5) is 9.27. The molecule has 0 aliphatic heterocycles. The molecule has 1 atom stereocenters. The van der Waals surface area contributed by atoms with Crippen molar-refractivity contribution in [2.75, 3.05) is 7.05 Å². The summed E-state index contributed by atoms with van der Waals surface area (Å²) < 4.78 is 0. The summed E-state index contributed by atoms with van der Waals surface area (Å²) >= 11 is 0. The summed E-state index contributed by atoms with van der Waals surface area (Å²) in [6, 6.07) is 10.6. The average molecular weight is 239 g/mol. The molecule has 1 aliphatic carbocycles. The minimum absolute atomic E-state index is 0.386. The molecule has 1 aliphatic rings. The van der Waals surface area contributed by atoms with Gasteiger partial charge in [0.2, 0.25) is 0 Å². The Morgan fingerprint density at radius 3 is 2.89 bits per heavy atom. The van der Waals surface area contributed by atoms with Gasteiger partial charge in [-0.05, 0) is 37.6 Å². The minimum Gasteiger partial charge on any atom is -0.314 e. The summed E-state index contributed by atoms with van der Waals surface area (Å²) in [5.74, 6) is 1.36. The van der Waals surface area contributed by atoms with Gasteiger partial charge >= 0.3 is 0 Å². The fourth-order valence-corrected chi connectivity index (χ4v) is 2.58. The second-order valence-corrected chi connectivity index (χ2v) is 4.84. The highest BCUT2D eigenvalue weighted by atomic mass is 14.9. The standard InChI is InChI=1S/C15H17N3/c1-10-7-12(9-16-2)18-15(17-10)14-8-11-5-3-4-6-13(11)14/h3-7,14,16H,8-9H2,1-2H3. The van der Waals surface area contributed by atoms with E-state index in [-0.39, 0.29) is 0 Å². The lowest BCUT2D eigenvalue weighted by Gasteiger charge is -2.29. The van der Waals surface area contributed by atoms with E-state index in [1.807, 2.05) is 20.0 Å². The van der Waals surface area contributed by atoms with Crippen molar-refractivity contribution in [3.05, 3.63) is 58.7 Å². The van der Waals surface area contributed by atoms with Crippen LogP contribution >= 0.6 is 0 Å². The molecule has 1 aromatic heterocycles. The predicted molar refractivity (Wildman–Crippen MR) is 71.5 cm³/mol. The summed E-state index contributed by atoms with van der Waals surface area (Å²) in [5, 5.41) is 3.14. The smallest absolute Gasteiger partial charge is 0.136 e. The molecule has 1 heterocycles. The number of fused-ring (bicyclic) bond motifs is 1. The van der Waals surface area contributed by atoms with Crippen LogP contribution in [-0.2, 0) is 13.0 Å². The molecule has 3 rings (SSSR count).